The van der Waals surface area contributed by atoms with Crippen LogP contribution in [0.3, 0.4) is 0 Å². The summed E-state index contributed by atoms with van der Waals surface area (Å²) in [6, 6.07) is 5.06. The van der Waals surface area contributed by atoms with Crippen LogP contribution in [0.4, 0.5) is 0 Å². The molecule has 0 bridgehead atoms. The van der Waals surface area contributed by atoms with Gasteiger partial charge in [-0.25, -0.2) is 0 Å². The fourth-order valence-electron chi connectivity index (χ4n) is 1.40. The normalized spacial score (nSPS) is 12.5. The summed E-state index contributed by atoms with van der Waals surface area (Å²) in [5, 5.41) is 1.16. The van der Waals surface area contributed by atoms with Crippen LogP contribution >= 0.6 is 23.2 Å². The van der Waals surface area contributed by atoms with Gasteiger partial charge in [0.15, 0.2) is 0 Å². The van der Waals surface area contributed by atoms with E-state index in [1.54, 1.807) is 18.2 Å². The maximum absolute atomic E-state index is 11.7. The molecule has 1 aromatic rings. The standard InChI is InChI=1S/C12H15Cl2NO/c1-2-10(15)7-11(16)6-8-5-9(13)3-4-12(8)14/h3-5,10H,2,6-7,15H2,1H3. The molecule has 1 aromatic carbocycles. The van der Waals surface area contributed by atoms with Crippen LogP contribution in [0.25, 0.3) is 0 Å². The molecule has 0 aliphatic rings. The van der Waals surface area contributed by atoms with Crippen molar-refractivity contribution in [2.75, 3.05) is 0 Å². The monoisotopic (exact) mass is 259 g/mol. The predicted molar refractivity (Wildman–Crippen MR) is 68.1 cm³/mol. The lowest BCUT2D eigenvalue weighted by molar-refractivity contribution is -0.118. The van der Waals surface area contributed by atoms with Crippen LogP contribution < -0.4 is 5.73 Å². The van der Waals surface area contributed by atoms with Crippen molar-refractivity contribution in [3.05, 3.63) is 33.8 Å². The highest BCUT2D eigenvalue weighted by atomic mass is 35.5. The maximum atomic E-state index is 11.7. The van der Waals surface area contributed by atoms with E-state index in [4.69, 9.17) is 28.9 Å². The number of carbonyl (C=O) groups is 1. The van der Waals surface area contributed by atoms with Crippen molar-refractivity contribution in [1.29, 1.82) is 0 Å². The Hall–Kier alpha value is -0.570. The van der Waals surface area contributed by atoms with Gasteiger partial charge in [0.25, 0.3) is 0 Å². The number of benzene rings is 1. The molecule has 1 unspecified atom stereocenters. The van der Waals surface area contributed by atoms with Crippen molar-refractivity contribution in [3.8, 4) is 0 Å². The number of rotatable bonds is 5. The highest BCUT2D eigenvalue weighted by molar-refractivity contribution is 6.33. The van der Waals surface area contributed by atoms with Gasteiger partial charge in [-0.05, 0) is 30.2 Å². The topological polar surface area (TPSA) is 43.1 Å². The maximum Gasteiger partial charge on any atom is 0.138 e. The second kappa shape index (κ2) is 6.24. The van der Waals surface area contributed by atoms with Crippen LogP contribution in [-0.2, 0) is 11.2 Å². The Morgan fingerprint density at radius 3 is 2.75 bits per heavy atom. The van der Waals surface area contributed by atoms with Gasteiger partial charge in [0.2, 0.25) is 0 Å². The molecule has 0 aliphatic heterocycles. The van der Waals surface area contributed by atoms with Crippen LogP contribution in [0, 0.1) is 0 Å². The molecule has 88 valence electrons. The lowest BCUT2D eigenvalue weighted by atomic mass is 10.0. The molecule has 0 spiro atoms. The Kier molecular flexibility index (Phi) is 5.26. The van der Waals surface area contributed by atoms with E-state index in [-0.39, 0.29) is 11.8 Å². The quantitative estimate of drug-likeness (QED) is 0.883. The molecule has 0 amide bonds. The lowest BCUT2D eigenvalue weighted by Gasteiger charge is -2.08. The van der Waals surface area contributed by atoms with E-state index in [9.17, 15) is 4.79 Å². The molecule has 16 heavy (non-hydrogen) atoms. The summed E-state index contributed by atoms with van der Waals surface area (Å²) in [6.07, 6.45) is 1.49. The molecule has 0 heterocycles. The molecule has 0 aliphatic carbocycles. The Morgan fingerprint density at radius 2 is 2.12 bits per heavy atom. The molecule has 1 atom stereocenters. The molecule has 4 heteroatoms. The van der Waals surface area contributed by atoms with Gasteiger partial charge in [-0.15, -0.1) is 0 Å². The molecule has 0 saturated heterocycles. The first-order chi connectivity index (χ1) is 7.52. The molecule has 0 fully saturated rings. The van der Waals surface area contributed by atoms with Crippen LogP contribution in [-0.4, -0.2) is 11.8 Å². The van der Waals surface area contributed by atoms with Crippen molar-refractivity contribution in [1.82, 2.24) is 0 Å². The van der Waals surface area contributed by atoms with E-state index in [0.717, 1.165) is 12.0 Å². The van der Waals surface area contributed by atoms with Gasteiger partial charge in [0, 0.05) is 28.9 Å². The molecule has 2 nitrogen and oxygen atoms in total. The summed E-state index contributed by atoms with van der Waals surface area (Å²) in [5.74, 6) is 0.0958. The average molecular weight is 260 g/mol. The fourth-order valence-corrected chi connectivity index (χ4v) is 1.78. The molecule has 0 radical (unpaired) electrons. The summed E-state index contributed by atoms with van der Waals surface area (Å²) in [6.45, 7) is 1.96. The highest BCUT2D eigenvalue weighted by Gasteiger charge is 2.11. The number of nitrogens with two attached hydrogens (primary N) is 1. The van der Waals surface area contributed by atoms with Gasteiger partial charge in [-0.1, -0.05) is 30.1 Å². The van der Waals surface area contributed by atoms with E-state index < -0.39 is 0 Å². The summed E-state index contributed by atoms with van der Waals surface area (Å²) in [7, 11) is 0. The zero-order valence-electron chi connectivity index (χ0n) is 9.17. The highest BCUT2D eigenvalue weighted by Crippen LogP contribution is 2.21. The number of hydrogen-bond donors (Lipinski definition) is 1. The first-order valence-corrected chi connectivity index (χ1v) is 5.99. The summed E-state index contributed by atoms with van der Waals surface area (Å²) >= 11 is 11.8. The third-order valence-corrected chi connectivity index (χ3v) is 3.01. The summed E-state index contributed by atoms with van der Waals surface area (Å²) in [5.41, 5.74) is 6.48. The van der Waals surface area contributed by atoms with Crippen LogP contribution in [0.15, 0.2) is 18.2 Å². The van der Waals surface area contributed by atoms with Crippen molar-refractivity contribution in [3.63, 3.8) is 0 Å². The number of hydrogen-bond acceptors (Lipinski definition) is 2. The fraction of sp³-hybridized carbons (Fsp3) is 0.417. The number of halogens is 2. The van der Waals surface area contributed by atoms with Crippen LogP contribution in [0.5, 0.6) is 0 Å². The Labute approximate surface area is 106 Å². The van der Waals surface area contributed by atoms with E-state index in [0.29, 0.717) is 22.9 Å². The number of Topliss-reactive ketones (excluding diaryl/α,β-unsaturated/α-hetero) is 1. The van der Waals surface area contributed by atoms with Gasteiger partial charge >= 0.3 is 0 Å². The second-order valence-electron chi connectivity index (χ2n) is 3.82. The predicted octanol–water partition coefficient (Wildman–Crippen LogP) is 3.23. The van der Waals surface area contributed by atoms with E-state index >= 15 is 0 Å². The Balaban J connectivity index is 2.65. The van der Waals surface area contributed by atoms with Gasteiger partial charge in [-0.3, -0.25) is 4.79 Å². The third-order valence-electron chi connectivity index (χ3n) is 2.41. The van der Waals surface area contributed by atoms with Gasteiger partial charge in [-0.2, -0.15) is 0 Å². The summed E-state index contributed by atoms with van der Waals surface area (Å²) < 4.78 is 0. The SMILES string of the molecule is CCC(N)CC(=O)Cc1cc(Cl)ccc1Cl. The first kappa shape index (κ1) is 13.5. The van der Waals surface area contributed by atoms with Crippen molar-refractivity contribution < 1.29 is 4.79 Å². The van der Waals surface area contributed by atoms with E-state index in [2.05, 4.69) is 0 Å². The molecular formula is C12H15Cl2NO. The minimum Gasteiger partial charge on any atom is -0.327 e. The minimum absolute atomic E-state index is 0.0644. The van der Waals surface area contributed by atoms with Crippen LogP contribution in [0.2, 0.25) is 10.0 Å². The zero-order valence-corrected chi connectivity index (χ0v) is 10.7. The van der Waals surface area contributed by atoms with Crippen molar-refractivity contribution >= 4 is 29.0 Å². The zero-order chi connectivity index (χ0) is 12.1. The van der Waals surface area contributed by atoms with Crippen molar-refractivity contribution in [2.24, 2.45) is 5.73 Å². The Morgan fingerprint density at radius 1 is 1.44 bits per heavy atom. The third kappa shape index (κ3) is 4.12. The lowest BCUT2D eigenvalue weighted by Crippen LogP contribution is -2.23. The molecule has 1 rings (SSSR count). The van der Waals surface area contributed by atoms with Crippen LogP contribution in [0.1, 0.15) is 25.3 Å². The second-order valence-corrected chi connectivity index (χ2v) is 4.67. The summed E-state index contributed by atoms with van der Waals surface area (Å²) in [4.78, 5) is 11.7. The van der Waals surface area contributed by atoms with Gasteiger partial charge < -0.3 is 5.73 Å². The average Bonchev–Trinajstić information content (AvgIpc) is 2.23. The first-order valence-electron chi connectivity index (χ1n) is 5.24. The minimum atomic E-state index is -0.0644. The molecular weight excluding hydrogens is 245 g/mol. The van der Waals surface area contributed by atoms with Crippen molar-refractivity contribution in [2.45, 2.75) is 32.2 Å². The Bertz CT molecular complexity index is 379. The molecule has 0 aromatic heterocycles. The number of carbonyl (C=O) groups excluding carboxylic acids is 1. The largest absolute Gasteiger partial charge is 0.327 e. The number of ketones is 1. The van der Waals surface area contributed by atoms with E-state index in [1.165, 1.54) is 0 Å². The van der Waals surface area contributed by atoms with Gasteiger partial charge in [0.1, 0.15) is 5.78 Å². The molecule has 0 saturated carbocycles. The van der Waals surface area contributed by atoms with Gasteiger partial charge in [0.05, 0.1) is 0 Å². The van der Waals surface area contributed by atoms with E-state index in [1.807, 2.05) is 6.92 Å². The molecule has 2 N–H and O–H groups in total. The smallest absolute Gasteiger partial charge is 0.138 e.